The Morgan fingerprint density at radius 1 is 1.50 bits per heavy atom. The molecule has 0 unspecified atom stereocenters. The summed E-state index contributed by atoms with van der Waals surface area (Å²) in [6.45, 7) is 0. The molecule has 0 aliphatic heterocycles. The van der Waals surface area contributed by atoms with Crippen molar-refractivity contribution in [2.45, 2.75) is 6.42 Å². The van der Waals surface area contributed by atoms with Gasteiger partial charge in [-0.15, -0.1) is 0 Å². The number of pyridine rings is 1. The number of hydrogen-bond acceptors (Lipinski definition) is 4. The molecule has 16 heavy (non-hydrogen) atoms. The van der Waals surface area contributed by atoms with Crippen molar-refractivity contribution < 1.29 is 4.79 Å². The molecular formula is C9H8BrN5O. The maximum atomic E-state index is 10.7. The van der Waals surface area contributed by atoms with E-state index < -0.39 is 5.91 Å². The van der Waals surface area contributed by atoms with Crippen molar-refractivity contribution in [3.8, 4) is 11.4 Å². The van der Waals surface area contributed by atoms with Gasteiger partial charge >= 0.3 is 0 Å². The molecule has 0 radical (unpaired) electrons. The molecule has 0 aliphatic rings. The van der Waals surface area contributed by atoms with Crippen LogP contribution in [0.4, 0.5) is 0 Å². The van der Waals surface area contributed by atoms with Gasteiger partial charge in [0.2, 0.25) is 5.91 Å². The zero-order chi connectivity index (χ0) is 11.5. The number of amides is 1. The lowest BCUT2D eigenvalue weighted by Crippen LogP contribution is -2.14. The maximum Gasteiger partial charge on any atom is 0.225 e. The van der Waals surface area contributed by atoms with Gasteiger partial charge in [0.25, 0.3) is 0 Å². The molecule has 0 saturated carbocycles. The summed E-state index contributed by atoms with van der Waals surface area (Å²) in [5, 5.41) is 6.63. The Labute approximate surface area is 99.4 Å². The first-order valence-corrected chi connectivity index (χ1v) is 5.25. The van der Waals surface area contributed by atoms with Crippen LogP contribution in [0, 0.1) is 0 Å². The number of H-pyrrole nitrogens is 1. The van der Waals surface area contributed by atoms with Crippen LogP contribution in [0.15, 0.2) is 22.9 Å². The fourth-order valence-corrected chi connectivity index (χ4v) is 1.57. The second-order valence-corrected chi connectivity index (χ2v) is 4.06. The van der Waals surface area contributed by atoms with E-state index in [9.17, 15) is 4.79 Å². The molecular weight excluding hydrogens is 274 g/mol. The van der Waals surface area contributed by atoms with Crippen LogP contribution in [0.3, 0.4) is 0 Å². The summed E-state index contributed by atoms with van der Waals surface area (Å²) in [5.74, 6) is 0.489. The molecule has 2 aromatic heterocycles. The second kappa shape index (κ2) is 4.40. The summed E-state index contributed by atoms with van der Waals surface area (Å²) in [6.07, 6.45) is 3.36. The summed E-state index contributed by atoms with van der Waals surface area (Å²) < 4.78 is 0.839. The lowest BCUT2D eigenvalue weighted by Gasteiger charge is -1.94. The van der Waals surface area contributed by atoms with Gasteiger partial charge in [0.05, 0.1) is 6.42 Å². The number of carbonyl (C=O) groups excluding carboxylic acids is 1. The number of rotatable bonds is 3. The standard InChI is InChI=1S/C9H8BrN5O/c10-6-1-5(3-12-4-6)9-13-8(14-15-9)2-7(11)16/h1,3-4H,2H2,(H2,11,16)(H,13,14,15). The summed E-state index contributed by atoms with van der Waals surface area (Å²) in [5.41, 5.74) is 5.82. The first kappa shape index (κ1) is 10.7. The highest BCUT2D eigenvalue weighted by molar-refractivity contribution is 9.10. The highest BCUT2D eigenvalue weighted by Crippen LogP contribution is 2.17. The summed E-state index contributed by atoms with van der Waals surface area (Å²) in [6, 6.07) is 1.84. The van der Waals surface area contributed by atoms with E-state index in [0.29, 0.717) is 11.6 Å². The Morgan fingerprint density at radius 2 is 2.31 bits per heavy atom. The second-order valence-electron chi connectivity index (χ2n) is 3.14. The van der Waals surface area contributed by atoms with Gasteiger partial charge < -0.3 is 5.73 Å². The molecule has 6 nitrogen and oxygen atoms in total. The highest BCUT2D eigenvalue weighted by Gasteiger charge is 2.08. The van der Waals surface area contributed by atoms with Crippen LogP contribution in [0.25, 0.3) is 11.4 Å². The number of nitrogens with one attached hydrogen (secondary N) is 1. The van der Waals surface area contributed by atoms with Gasteiger partial charge in [0, 0.05) is 22.4 Å². The number of hydrogen-bond donors (Lipinski definition) is 2. The summed E-state index contributed by atoms with van der Waals surface area (Å²) in [4.78, 5) is 18.8. The molecule has 0 atom stereocenters. The lowest BCUT2D eigenvalue weighted by atomic mass is 10.3. The molecule has 82 valence electrons. The molecule has 0 saturated heterocycles. The van der Waals surface area contributed by atoms with E-state index in [0.717, 1.165) is 10.0 Å². The third-order valence-electron chi connectivity index (χ3n) is 1.84. The number of halogens is 1. The minimum absolute atomic E-state index is 0.0500. The van der Waals surface area contributed by atoms with Gasteiger partial charge in [-0.25, -0.2) is 4.98 Å². The van der Waals surface area contributed by atoms with E-state index in [4.69, 9.17) is 5.73 Å². The molecule has 1 amide bonds. The highest BCUT2D eigenvalue weighted by atomic mass is 79.9. The first-order chi connectivity index (χ1) is 7.65. The predicted octanol–water partition coefficient (Wildman–Crippen LogP) is 0.657. The van der Waals surface area contributed by atoms with E-state index in [1.807, 2.05) is 6.07 Å². The van der Waals surface area contributed by atoms with Crippen LogP contribution in [-0.2, 0) is 11.2 Å². The Morgan fingerprint density at radius 3 is 3.00 bits per heavy atom. The molecule has 2 aromatic rings. The van der Waals surface area contributed by atoms with Crippen molar-refractivity contribution in [1.29, 1.82) is 0 Å². The van der Waals surface area contributed by atoms with E-state index >= 15 is 0 Å². The van der Waals surface area contributed by atoms with Crippen LogP contribution < -0.4 is 5.73 Å². The van der Waals surface area contributed by atoms with Crippen molar-refractivity contribution in [1.82, 2.24) is 20.2 Å². The fraction of sp³-hybridized carbons (Fsp3) is 0.111. The van der Waals surface area contributed by atoms with Crippen LogP contribution in [-0.4, -0.2) is 26.1 Å². The van der Waals surface area contributed by atoms with E-state index in [2.05, 4.69) is 36.1 Å². The van der Waals surface area contributed by atoms with E-state index in [-0.39, 0.29) is 6.42 Å². The number of nitrogens with zero attached hydrogens (tertiary/aromatic N) is 3. The molecule has 0 aliphatic carbocycles. The van der Waals surface area contributed by atoms with Gasteiger partial charge in [-0.1, -0.05) is 0 Å². The van der Waals surface area contributed by atoms with Gasteiger partial charge in [-0.2, -0.15) is 5.10 Å². The normalized spacial score (nSPS) is 10.3. The number of carbonyl (C=O) groups is 1. The molecule has 2 heterocycles. The molecule has 0 bridgehead atoms. The van der Waals surface area contributed by atoms with Crippen LogP contribution in [0.1, 0.15) is 5.82 Å². The number of nitrogens with two attached hydrogens (primary N) is 1. The Hall–Kier alpha value is -1.76. The van der Waals surface area contributed by atoms with Crippen LogP contribution >= 0.6 is 15.9 Å². The molecule has 0 spiro atoms. The van der Waals surface area contributed by atoms with Gasteiger partial charge in [-0.05, 0) is 22.0 Å². The Bertz CT molecular complexity index is 524. The summed E-state index contributed by atoms with van der Waals surface area (Å²) >= 11 is 3.30. The van der Waals surface area contributed by atoms with Gasteiger partial charge in [-0.3, -0.25) is 14.9 Å². The van der Waals surface area contributed by atoms with Crippen molar-refractivity contribution in [2.24, 2.45) is 5.73 Å². The van der Waals surface area contributed by atoms with E-state index in [1.165, 1.54) is 0 Å². The maximum absolute atomic E-state index is 10.7. The minimum Gasteiger partial charge on any atom is -0.369 e. The first-order valence-electron chi connectivity index (χ1n) is 4.45. The zero-order valence-corrected chi connectivity index (χ0v) is 9.73. The lowest BCUT2D eigenvalue weighted by molar-refractivity contribution is -0.117. The van der Waals surface area contributed by atoms with Crippen molar-refractivity contribution in [3.05, 3.63) is 28.8 Å². The molecule has 3 N–H and O–H groups in total. The Kier molecular flexibility index (Phi) is 2.95. The minimum atomic E-state index is -0.449. The summed E-state index contributed by atoms with van der Waals surface area (Å²) in [7, 11) is 0. The van der Waals surface area contributed by atoms with Gasteiger partial charge in [0.1, 0.15) is 5.82 Å². The van der Waals surface area contributed by atoms with Crippen LogP contribution in [0.2, 0.25) is 0 Å². The van der Waals surface area contributed by atoms with Crippen molar-refractivity contribution in [2.75, 3.05) is 0 Å². The van der Waals surface area contributed by atoms with Gasteiger partial charge in [0.15, 0.2) is 5.82 Å². The predicted molar refractivity (Wildman–Crippen MR) is 60.2 cm³/mol. The topological polar surface area (TPSA) is 97.6 Å². The third kappa shape index (κ3) is 2.43. The zero-order valence-electron chi connectivity index (χ0n) is 8.14. The Balaban J connectivity index is 2.28. The molecule has 0 fully saturated rings. The fourth-order valence-electron chi connectivity index (χ4n) is 1.20. The number of aromatic nitrogens is 4. The molecule has 7 heteroatoms. The third-order valence-corrected chi connectivity index (χ3v) is 2.27. The average molecular weight is 282 g/mol. The monoisotopic (exact) mass is 281 g/mol. The molecule has 0 aromatic carbocycles. The quantitative estimate of drug-likeness (QED) is 0.863. The largest absolute Gasteiger partial charge is 0.369 e. The molecule has 2 rings (SSSR count). The number of aromatic amines is 1. The van der Waals surface area contributed by atoms with Crippen LogP contribution in [0.5, 0.6) is 0 Å². The smallest absolute Gasteiger partial charge is 0.225 e. The van der Waals surface area contributed by atoms with Crippen molar-refractivity contribution >= 4 is 21.8 Å². The number of primary amides is 1. The average Bonchev–Trinajstić information content (AvgIpc) is 2.65. The van der Waals surface area contributed by atoms with E-state index in [1.54, 1.807) is 12.4 Å². The SMILES string of the molecule is NC(=O)Cc1nc(-c2cncc(Br)c2)n[nH]1. The van der Waals surface area contributed by atoms with Crippen molar-refractivity contribution in [3.63, 3.8) is 0 Å².